The summed E-state index contributed by atoms with van der Waals surface area (Å²) in [6.45, 7) is 5.63. The highest BCUT2D eigenvalue weighted by Gasteiger charge is 2.16. The summed E-state index contributed by atoms with van der Waals surface area (Å²) in [6, 6.07) is 0. The Morgan fingerprint density at radius 3 is 2.69 bits per heavy atom. The van der Waals surface area contributed by atoms with Crippen LogP contribution in [0.5, 0.6) is 0 Å². The summed E-state index contributed by atoms with van der Waals surface area (Å²) < 4.78 is 3.04. The molecule has 1 aliphatic rings. The average molecular weight is 239 g/mol. The molecule has 3 nitrogen and oxygen atoms in total. The van der Waals surface area contributed by atoms with E-state index in [1.807, 2.05) is 0 Å². The molecule has 4 heteroatoms. The molecule has 0 aromatic carbocycles. The maximum absolute atomic E-state index is 5.26. The summed E-state index contributed by atoms with van der Waals surface area (Å²) in [6.07, 6.45) is 6.07. The van der Waals surface area contributed by atoms with Gasteiger partial charge in [0.15, 0.2) is 4.77 Å². The van der Waals surface area contributed by atoms with E-state index in [9.17, 15) is 0 Å². The molecule has 0 amide bonds. The molecule has 1 aromatic rings. The number of hydrogen-bond acceptors (Lipinski definition) is 2. The van der Waals surface area contributed by atoms with Crippen LogP contribution in [0.25, 0.3) is 0 Å². The van der Waals surface area contributed by atoms with Gasteiger partial charge in [0.2, 0.25) is 0 Å². The second-order valence-corrected chi connectivity index (χ2v) is 5.36. The van der Waals surface area contributed by atoms with Crippen LogP contribution < -0.4 is 0 Å². The Hall–Kier alpha value is -0.610. The molecule has 1 aliphatic heterocycles. The van der Waals surface area contributed by atoms with Gasteiger partial charge in [0.1, 0.15) is 0 Å². The molecule has 0 unspecified atom stereocenters. The van der Waals surface area contributed by atoms with Gasteiger partial charge >= 0.3 is 0 Å². The molecule has 0 bridgehead atoms. The normalized spacial score (nSPS) is 19.1. The molecule has 1 saturated heterocycles. The van der Waals surface area contributed by atoms with Crippen LogP contribution in [0, 0.1) is 17.6 Å². The number of H-pyrrole nitrogens is 1. The van der Waals surface area contributed by atoms with Gasteiger partial charge in [0.25, 0.3) is 0 Å². The van der Waals surface area contributed by atoms with Gasteiger partial charge < -0.3 is 14.5 Å². The first-order valence-corrected chi connectivity index (χ1v) is 6.50. The molecule has 0 aliphatic carbocycles. The quantitative estimate of drug-likeness (QED) is 0.820. The third kappa shape index (κ3) is 2.95. The second-order valence-electron chi connectivity index (χ2n) is 4.97. The van der Waals surface area contributed by atoms with Crippen molar-refractivity contribution in [3.63, 3.8) is 0 Å². The van der Waals surface area contributed by atoms with E-state index in [1.54, 1.807) is 0 Å². The zero-order chi connectivity index (χ0) is 11.5. The maximum Gasteiger partial charge on any atom is 0.177 e. The van der Waals surface area contributed by atoms with Gasteiger partial charge in [-0.2, -0.15) is 0 Å². The Kier molecular flexibility index (Phi) is 3.82. The molecular formula is C12H21N3S. The van der Waals surface area contributed by atoms with Crippen LogP contribution in [0.4, 0.5) is 0 Å². The van der Waals surface area contributed by atoms with Crippen molar-refractivity contribution in [2.45, 2.75) is 32.7 Å². The fourth-order valence-electron chi connectivity index (χ4n) is 2.40. The van der Waals surface area contributed by atoms with Gasteiger partial charge in [-0.15, -0.1) is 0 Å². The number of likely N-dealkylation sites (tertiary alicyclic amines) is 1. The number of rotatable bonds is 3. The fraction of sp³-hybridized carbons (Fsp3) is 0.750. The molecule has 0 atom stereocenters. The van der Waals surface area contributed by atoms with Crippen LogP contribution in [0.15, 0.2) is 6.20 Å². The SMILES string of the molecule is Cc1cn(CCC2CCN(C)CC2)c(=S)[nH]1. The summed E-state index contributed by atoms with van der Waals surface area (Å²) in [7, 11) is 2.21. The molecule has 16 heavy (non-hydrogen) atoms. The summed E-state index contributed by atoms with van der Waals surface area (Å²) in [5.74, 6) is 0.883. The van der Waals surface area contributed by atoms with E-state index < -0.39 is 0 Å². The molecule has 0 saturated carbocycles. The molecule has 90 valence electrons. The first kappa shape index (κ1) is 11.9. The van der Waals surface area contributed by atoms with Gasteiger partial charge in [-0.3, -0.25) is 0 Å². The van der Waals surface area contributed by atoms with Crippen molar-refractivity contribution in [3.05, 3.63) is 16.7 Å². The lowest BCUT2D eigenvalue weighted by atomic mass is 9.94. The Bertz CT molecular complexity index is 385. The monoisotopic (exact) mass is 239 g/mol. The second kappa shape index (κ2) is 5.15. The van der Waals surface area contributed by atoms with Crippen molar-refractivity contribution in [3.8, 4) is 0 Å². The smallest absolute Gasteiger partial charge is 0.177 e. The zero-order valence-electron chi connectivity index (χ0n) is 10.2. The maximum atomic E-state index is 5.26. The summed E-state index contributed by atoms with van der Waals surface area (Å²) >= 11 is 5.26. The fourth-order valence-corrected chi connectivity index (χ4v) is 2.71. The molecule has 1 fully saturated rings. The Labute approximate surface area is 102 Å². The summed E-state index contributed by atoms with van der Waals surface area (Å²) in [4.78, 5) is 5.59. The van der Waals surface area contributed by atoms with Crippen molar-refractivity contribution >= 4 is 12.2 Å². The van der Waals surface area contributed by atoms with Crippen LogP contribution in [0.1, 0.15) is 25.0 Å². The Morgan fingerprint density at radius 2 is 2.12 bits per heavy atom. The molecule has 2 rings (SSSR count). The summed E-state index contributed by atoms with van der Waals surface area (Å²) in [5.41, 5.74) is 1.16. The minimum Gasteiger partial charge on any atom is -0.335 e. The van der Waals surface area contributed by atoms with Crippen LogP contribution in [0.3, 0.4) is 0 Å². The van der Waals surface area contributed by atoms with Gasteiger partial charge in [0.05, 0.1) is 0 Å². The van der Waals surface area contributed by atoms with Crippen molar-refractivity contribution in [2.75, 3.05) is 20.1 Å². The highest BCUT2D eigenvalue weighted by atomic mass is 32.1. The van der Waals surface area contributed by atoms with E-state index in [-0.39, 0.29) is 0 Å². The third-order valence-electron chi connectivity index (χ3n) is 3.53. The number of aryl methyl sites for hydroxylation is 2. The molecule has 2 heterocycles. The predicted molar refractivity (Wildman–Crippen MR) is 69.2 cm³/mol. The van der Waals surface area contributed by atoms with E-state index in [0.717, 1.165) is 22.9 Å². The van der Waals surface area contributed by atoms with Gasteiger partial charge in [-0.25, -0.2) is 0 Å². The summed E-state index contributed by atoms with van der Waals surface area (Å²) in [5, 5.41) is 0. The van der Waals surface area contributed by atoms with Crippen LogP contribution in [-0.2, 0) is 6.54 Å². The van der Waals surface area contributed by atoms with Crippen molar-refractivity contribution < 1.29 is 0 Å². The van der Waals surface area contributed by atoms with E-state index in [1.165, 1.54) is 32.4 Å². The van der Waals surface area contributed by atoms with Crippen molar-refractivity contribution in [2.24, 2.45) is 5.92 Å². The number of nitrogens with one attached hydrogen (secondary N) is 1. The minimum absolute atomic E-state index is 0.866. The highest BCUT2D eigenvalue weighted by Crippen LogP contribution is 2.20. The lowest BCUT2D eigenvalue weighted by molar-refractivity contribution is 0.208. The minimum atomic E-state index is 0.866. The van der Waals surface area contributed by atoms with Crippen LogP contribution in [0.2, 0.25) is 0 Å². The molecule has 0 spiro atoms. The molecule has 1 aromatic heterocycles. The number of hydrogen-bond donors (Lipinski definition) is 1. The van der Waals surface area contributed by atoms with Gasteiger partial charge in [-0.05, 0) is 64.5 Å². The first-order valence-electron chi connectivity index (χ1n) is 6.10. The lowest BCUT2D eigenvalue weighted by Gasteiger charge is -2.28. The zero-order valence-corrected chi connectivity index (χ0v) is 11.0. The number of aromatic amines is 1. The molecule has 0 radical (unpaired) electrons. The topological polar surface area (TPSA) is 24.0 Å². The van der Waals surface area contributed by atoms with E-state index in [4.69, 9.17) is 12.2 Å². The first-order chi connectivity index (χ1) is 7.65. The van der Waals surface area contributed by atoms with Crippen molar-refractivity contribution in [1.82, 2.24) is 14.5 Å². The molecule has 1 N–H and O–H groups in total. The standard InChI is InChI=1S/C12H21N3S/c1-10-9-15(12(16)13-10)8-5-11-3-6-14(2)7-4-11/h9,11H,3-8H2,1-2H3,(H,13,16). The van der Waals surface area contributed by atoms with Gasteiger partial charge in [-0.1, -0.05) is 0 Å². The number of aromatic nitrogens is 2. The lowest BCUT2D eigenvalue weighted by Crippen LogP contribution is -2.30. The Balaban J connectivity index is 1.83. The molecular weight excluding hydrogens is 218 g/mol. The number of imidazole rings is 1. The van der Waals surface area contributed by atoms with E-state index in [0.29, 0.717) is 0 Å². The largest absolute Gasteiger partial charge is 0.335 e. The van der Waals surface area contributed by atoms with Crippen LogP contribution in [-0.4, -0.2) is 34.6 Å². The van der Waals surface area contributed by atoms with E-state index in [2.05, 4.69) is 34.6 Å². The van der Waals surface area contributed by atoms with Crippen molar-refractivity contribution in [1.29, 1.82) is 0 Å². The number of piperidine rings is 1. The highest BCUT2D eigenvalue weighted by molar-refractivity contribution is 7.71. The number of nitrogens with zero attached hydrogens (tertiary/aromatic N) is 2. The van der Waals surface area contributed by atoms with Gasteiger partial charge in [0, 0.05) is 18.4 Å². The predicted octanol–water partition coefficient (Wildman–Crippen LogP) is 2.59. The van der Waals surface area contributed by atoms with E-state index >= 15 is 0 Å². The van der Waals surface area contributed by atoms with Crippen LogP contribution >= 0.6 is 12.2 Å². The Morgan fingerprint density at radius 1 is 1.44 bits per heavy atom. The third-order valence-corrected chi connectivity index (χ3v) is 3.87. The average Bonchev–Trinajstić information content (AvgIpc) is 2.57.